The number of nitrogens with zero attached hydrogens (tertiary/aromatic N) is 2. The number of aromatic nitrogens is 1. The summed E-state index contributed by atoms with van der Waals surface area (Å²) in [7, 11) is 0. The maximum absolute atomic E-state index is 12.5. The van der Waals surface area contributed by atoms with Gasteiger partial charge in [-0.1, -0.05) is 6.92 Å². The predicted molar refractivity (Wildman–Crippen MR) is 74.4 cm³/mol. The van der Waals surface area contributed by atoms with E-state index in [1.54, 1.807) is 12.3 Å². The molecule has 1 aromatic heterocycles. The summed E-state index contributed by atoms with van der Waals surface area (Å²) >= 11 is 0. The van der Waals surface area contributed by atoms with Crippen LogP contribution in [-0.2, 0) is 4.74 Å². The van der Waals surface area contributed by atoms with Gasteiger partial charge in [-0.05, 0) is 25.0 Å². The molecule has 1 aliphatic heterocycles. The zero-order valence-electron chi connectivity index (χ0n) is 11.4. The molecule has 5 heteroatoms. The lowest BCUT2D eigenvalue weighted by molar-refractivity contribution is 0.0742. The fourth-order valence-corrected chi connectivity index (χ4v) is 2.08. The third kappa shape index (κ3) is 3.67. The van der Waals surface area contributed by atoms with E-state index in [2.05, 4.69) is 17.2 Å². The smallest absolute Gasteiger partial charge is 0.257 e. The largest absolute Gasteiger partial charge is 0.380 e. The van der Waals surface area contributed by atoms with Gasteiger partial charge in [0.25, 0.3) is 5.91 Å². The minimum atomic E-state index is 0.0391. The van der Waals surface area contributed by atoms with Crippen molar-refractivity contribution in [2.24, 2.45) is 0 Å². The molecule has 104 valence electrons. The van der Waals surface area contributed by atoms with Crippen LogP contribution >= 0.6 is 0 Å². The number of hydrogen-bond acceptors (Lipinski definition) is 4. The van der Waals surface area contributed by atoms with Crippen molar-refractivity contribution in [1.82, 2.24) is 9.88 Å². The van der Waals surface area contributed by atoms with E-state index in [1.807, 2.05) is 11.0 Å². The Morgan fingerprint density at radius 2 is 2.37 bits per heavy atom. The Kier molecular flexibility index (Phi) is 5.15. The number of hydrogen-bond donors (Lipinski definition) is 1. The van der Waals surface area contributed by atoms with Crippen molar-refractivity contribution < 1.29 is 9.53 Å². The van der Waals surface area contributed by atoms with E-state index in [-0.39, 0.29) is 5.91 Å². The predicted octanol–water partition coefficient (Wildman–Crippen LogP) is 1.77. The van der Waals surface area contributed by atoms with E-state index in [4.69, 9.17) is 4.74 Å². The minimum absolute atomic E-state index is 0.0391. The molecule has 19 heavy (non-hydrogen) atoms. The molecule has 1 saturated heterocycles. The van der Waals surface area contributed by atoms with E-state index in [9.17, 15) is 4.79 Å². The monoisotopic (exact) mass is 263 g/mol. The van der Waals surface area contributed by atoms with Gasteiger partial charge in [0, 0.05) is 32.4 Å². The van der Waals surface area contributed by atoms with Gasteiger partial charge >= 0.3 is 0 Å². The first-order chi connectivity index (χ1) is 9.33. The second-order valence-corrected chi connectivity index (χ2v) is 4.58. The number of carbonyl (C=O) groups excluding carboxylic acids is 1. The zero-order valence-corrected chi connectivity index (χ0v) is 11.4. The molecule has 2 rings (SSSR count). The Morgan fingerprint density at radius 3 is 3.21 bits per heavy atom. The van der Waals surface area contributed by atoms with Gasteiger partial charge in [0.1, 0.15) is 5.82 Å². The van der Waals surface area contributed by atoms with Gasteiger partial charge in [-0.15, -0.1) is 0 Å². The number of anilines is 1. The lowest BCUT2D eigenvalue weighted by atomic mass is 10.2. The second kappa shape index (κ2) is 7.09. The summed E-state index contributed by atoms with van der Waals surface area (Å²) in [6.07, 6.45) is 3.60. The van der Waals surface area contributed by atoms with Gasteiger partial charge in [0.2, 0.25) is 0 Å². The third-order valence-electron chi connectivity index (χ3n) is 3.09. The maximum atomic E-state index is 12.5. The van der Waals surface area contributed by atoms with Crippen LogP contribution in [0.3, 0.4) is 0 Å². The number of nitrogens with one attached hydrogen (secondary N) is 1. The van der Waals surface area contributed by atoms with Gasteiger partial charge < -0.3 is 15.0 Å². The highest BCUT2D eigenvalue weighted by Crippen LogP contribution is 2.15. The Hall–Kier alpha value is -1.62. The summed E-state index contributed by atoms with van der Waals surface area (Å²) in [4.78, 5) is 18.6. The molecule has 0 atom stereocenters. The number of carbonyl (C=O) groups is 1. The third-order valence-corrected chi connectivity index (χ3v) is 3.09. The standard InChI is InChI=1S/C14H21N3O2/c1-2-6-15-13-12(5-3-7-16-13)14(18)17-8-4-10-19-11-9-17/h3,5,7H,2,4,6,8-11H2,1H3,(H,15,16). The molecule has 0 aromatic carbocycles. The van der Waals surface area contributed by atoms with Crippen molar-refractivity contribution in [3.05, 3.63) is 23.9 Å². The molecule has 2 heterocycles. The Labute approximate surface area is 114 Å². The molecule has 0 unspecified atom stereocenters. The molecular formula is C14H21N3O2. The van der Waals surface area contributed by atoms with Crippen molar-refractivity contribution in [2.45, 2.75) is 19.8 Å². The number of pyridine rings is 1. The van der Waals surface area contributed by atoms with Gasteiger partial charge in [0.15, 0.2) is 0 Å². The van der Waals surface area contributed by atoms with E-state index in [0.29, 0.717) is 24.5 Å². The fourth-order valence-electron chi connectivity index (χ4n) is 2.08. The second-order valence-electron chi connectivity index (χ2n) is 4.58. The van der Waals surface area contributed by atoms with Crippen LogP contribution < -0.4 is 5.32 Å². The lowest BCUT2D eigenvalue weighted by Crippen LogP contribution is -2.33. The topological polar surface area (TPSA) is 54.5 Å². The van der Waals surface area contributed by atoms with E-state index >= 15 is 0 Å². The number of amides is 1. The molecule has 1 fully saturated rings. The molecule has 0 radical (unpaired) electrons. The van der Waals surface area contributed by atoms with Crippen LogP contribution in [0.4, 0.5) is 5.82 Å². The van der Waals surface area contributed by atoms with Crippen molar-refractivity contribution in [3.8, 4) is 0 Å². The quantitative estimate of drug-likeness (QED) is 0.899. The molecule has 0 bridgehead atoms. The SMILES string of the molecule is CCCNc1ncccc1C(=O)N1CCCOCC1. The Bertz CT molecular complexity index is 415. The molecular weight excluding hydrogens is 242 g/mol. The highest BCUT2D eigenvalue weighted by molar-refractivity contribution is 5.98. The molecule has 0 saturated carbocycles. The molecule has 1 amide bonds. The van der Waals surface area contributed by atoms with Gasteiger partial charge in [-0.3, -0.25) is 4.79 Å². The van der Waals surface area contributed by atoms with Crippen molar-refractivity contribution in [3.63, 3.8) is 0 Å². The average Bonchev–Trinajstić information content (AvgIpc) is 2.73. The molecule has 5 nitrogen and oxygen atoms in total. The van der Waals surface area contributed by atoms with E-state index in [0.717, 1.165) is 32.5 Å². The summed E-state index contributed by atoms with van der Waals surface area (Å²) in [5, 5.41) is 3.21. The highest BCUT2D eigenvalue weighted by Gasteiger charge is 2.20. The highest BCUT2D eigenvalue weighted by atomic mass is 16.5. The Balaban J connectivity index is 2.12. The summed E-state index contributed by atoms with van der Waals surface area (Å²) in [5.74, 6) is 0.719. The molecule has 1 aliphatic rings. The van der Waals surface area contributed by atoms with Gasteiger partial charge in [-0.2, -0.15) is 0 Å². The van der Waals surface area contributed by atoms with Crippen LogP contribution in [0.15, 0.2) is 18.3 Å². The first-order valence-electron chi connectivity index (χ1n) is 6.89. The zero-order chi connectivity index (χ0) is 13.5. The van der Waals surface area contributed by atoms with Crippen molar-refractivity contribution in [2.75, 3.05) is 38.2 Å². The van der Waals surface area contributed by atoms with Crippen LogP contribution in [0.2, 0.25) is 0 Å². The van der Waals surface area contributed by atoms with E-state index < -0.39 is 0 Å². The van der Waals surface area contributed by atoms with Crippen LogP contribution in [0.25, 0.3) is 0 Å². The molecule has 0 spiro atoms. The van der Waals surface area contributed by atoms with Crippen molar-refractivity contribution >= 4 is 11.7 Å². The summed E-state index contributed by atoms with van der Waals surface area (Å²) < 4.78 is 5.38. The first kappa shape index (κ1) is 13.8. The van der Waals surface area contributed by atoms with Crippen LogP contribution in [0, 0.1) is 0 Å². The van der Waals surface area contributed by atoms with Crippen LogP contribution in [0.5, 0.6) is 0 Å². The molecule has 1 aromatic rings. The number of rotatable bonds is 4. The number of ether oxygens (including phenoxy) is 1. The fraction of sp³-hybridized carbons (Fsp3) is 0.571. The maximum Gasteiger partial charge on any atom is 0.257 e. The molecule has 0 aliphatic carbocycles. The lowest BCUT2D eigenvalue weighted by Gasteiger charge is -2.21. The Morgan fingerprint density at radius 1 is 1.47 bits per heavy atom. The van der Waals surface area contributed by atoms with Crippen LogP contribution in [0.1, 0.15) is 30.1 Å². The minimum Gasteiger partial charge on any atom is -0.380 e. The summed E-state index contributed by atoms with van der Waals surface area (Å²) in [5.41, 5.74) is 0.651. The summed E-state index contributed by atoms with van der Waals surface area (Å²) in [6, 6.07) is 3.64. The van der Waals surface area contributed by atoms with Crippen LogP contribution in [-0.4, -0.2) is 48.6 Å². The molecule has 1 N–H and O–H groups in total. The van der Waals surface area contributed by atoms with Crippen molar-refractivity contribution in [1.29, 1.82) is 0 Å². The average molecular weight is 263 g/mol. The van der Waals surface area contributed by atoms with Gasteiger partial charge in [-0.25, -0.2) is 4.98 Å². The summed E-state index contributed by atoms with van der Waals surface area (Å²) in [6.45, 7) is 5.66. The normalized spacial score (nSPS) is 15.9. The van der Waals surface area contributed by atoms with Gasteiger partial charge in [0.05, 0.1) is 12.2 Å². The first-order valence-corrected chi connectivity index (χ1v) is 6.89. The van der Waals surface area contributed by atoms with E-state index in [1.165, 1.54) is 0 Å².